The van der Waals surface area contributed by atoms with E-state index in [2.05, 4.69) is 14.5 Å². The predicted molar refractivity (Wildman–Crippen MR) is 78.4 cm³/mol. The van der Waals surface area contributed by atoms with Crippen molar-refractivity contribution >= 4 is 0 Å². The summed E-state index contributed by atoms with van der Waals surface area (Å²) in [6, 6.07) is 6.60. The molecule has 0 spiro atoms. The lowest BCUT2D eigenvalue weighted by atomic mass is 10.1. The van der Waals surface area contributed by atoms with Crippen LogP contribution in [0, 0.1) is 5.82 Å². The van der Waals surface area contributed by atoms with Gasteiger partial charge in [0.15, 0.2) is 0 Å². The van der Waals surface area contributed by atoms with Crippen LogP contribution in [-0.2, 0) is 18.2 Å². The summed E-state index contributed by atoms with van der Waals surface area (Å²) in [6.07, 6.45) is 4.76. The zero-order chi connectivity index (χ0) is 14.7. The first-order valence-electron chi connectivity index (χ1n) is 7.28. The molecule has 3 rings (SSSR count). The summed E-state index contributed by atoms with van der Waals surface area (Å²) in [5.41, 5.74) is 1.04. The Morgan fingerprint density at radius 1 is 1.33 bits per heavy atom. The van der Waals surface area contributed by atoms with Crippen molar-refractivity contribution in [2.75, 3.05) is 26.2 Å². The first-order chi connectivity index (χ1) is 10.2. The first kappa shape index (κ1) is 14.2. The van der Waals surface area contributed by atoms with Gasteiger partial charge in [-0.2, -0.15) is 0 Å². The number of aryl methyl sites for hydroxylation is 1. The minimum Gasteiger partial charge on any atom is -0.371 e. The number of ether oxygens (including phenoxy) is 1. The fraction of sp³-hybridized carbons (Fsp3) is 0.438. The summed E-state index contributed by atoms with van der Waals surface area (Å²) < 4.78 is 20.8. The number of benzene rings is 1. The highest BCUT2D eigenvalue weighted by atomic mass is 19.1. The van der Waals surface area contributed by atoms with Gasteiger partial charge in [0.25, 0.3) is 0 Å². The number of imidazole rings is 1. The van der Waals surface area contributed by atoms with Crippen LogP contribution in [0.15, 0.2) is 36.7 Å². The number of nitrogens with zero attached hydrogens (tertiary/aromatic N) is 3. The van der Waals surface area contributed by atoms with Crippen molar-refractivity contribution in [2.24, 2.45) is 7.05 Å². The molecule has 1 aliphatic heterocycles. The molecule has 4 nitrogen and oxygen atoms in total. The van der Waals surface area contributed by atoms with Crippen LogP contribution >= 0.6 is 0 Å². The second-order valence-corrected chi connectivity index (χ2v) is 5.42. The number of halogens is 1. The summed E-state index contributed by atoms with van der Waals surface area (Å²) in [4.78, 5) is 6.73. The molecule has 1 fully saturated rings. The van der Waals surface area contributed by atoms with Crippen molar-refractivity contribution in [3.8, 4) is 0 Å². The molecule has 1 atom stereocenters. The first-order valence-corrected chi connectivity index (χ1v) is 7.28. The van der Waals surface area contributed by atoms with E-state index in [0.717, 1.165) is 37.4 Å². The highest BCUT2D eigenvalue weighted by Crippen LogP contribution is 2.22. The van der Waals surface area contributed by atoms with Gasteiger partial charge in [-0.25, -0.2) is 9.37 Å². The third kappa shape index (κ3) is 3.49. The van der Waals surface area contributed by atoms with Crippen molar-refractivity contribution in [1.29, 1.82) is 0 Å². The highest BCUT2D eigenvalue weighted by Gasteiger charge is 2.22. The summed E-state index contributed by atoms with van der Waals surface area (Å²) in [7, 11) is 2.02. The molecule has 0 N–H and O–H groups in total. The number of aromatic nitrogens is 2. The Kier molecular flexibility index (Phi) is 4.31. The maximum atomic E-state index is 13.0. The van der Waals surface area contributed by atoms with Gasteiger partial charge in [0, 0.05) is 45.5 Å². The smallest absolute Gasteiger partial charge is 0.123 e. The molecule has 0 aliphatic carbocycles. The Bertz CT molecular complexity index is 581. The fourth-order valence-corrected chi connectivity index (χ4v) is 2.68. The van der Waals surface area contributed by atoms with Gasteiger partial charge < -0.3 is 9.30 Å². The minimum absolute atomic E-state index is 0.0284. The summed E-state index contributed by atoms with van der Waals surface area (Å²) >= 11 is 0. The monoisotopic (exact) mass is 289 g/mol. The number of rotatable bonds is 4. The lowest BCUT2D eigenvalue weighted by Crippen LogP contribution is -2.39. The van der Waals surface area contributed by atoms with E-state index >= 15 is 0 Å². The van der Waals surface area contributed by atoms with Crippen LogP contribution in [0.2, 0.25) is 0 Å². The highest BCUT2D eigenvalue weighted by molar-refractivity contribution is 5.19. The average Bonchev–Trinajstić information content (AvgIpc) is 2.91. The van der Waals surface area contributed by atoms with Crippen molar-refractivity contribution in [3.05, 3.63) is 53.9 Å². The summed E-state index contributed by atoms with van der Waals surface area (Å²) in [6.45, 7) is 3.45. The van der Waals surface area contributed by atoms with E-state index < -0.39 is 0 Å². The molecule has 1 saturated heterocycles. The molecule has 1 aliphatic rings. The lowest BCUT2D eigenvalue weighted by Gasteiger charge is -2.33. The van der Waals surface area contributed by atoms with Crippen LogP contribution in [0.4, 0.5) is 4.39 Å². The van der Waals surface area contributed by atoms with Gasteiger partial charge in [-0.15, -0.1) is 0 Å². The maximum absolute atomic E-state index is 13.0. The summed E-state index contributed by atoms with van der Waals surface area (Å²) in [5, 5.41) is 0. The minimum atomic E-state index is -0.207. The van der Waals surface area contributed by atoms with Gasteiger partial charge >= 0.3 is 0 Å². The zero-order valence-electron chi connectivity index (χ0n) is 12.2. The second kappa shape index (κ2) is 6.37. The molecule has 2 heterocycles. The quantitative estimate of drug-likeness (QED) is 0.864. The molecule has 21 heavy (non-hydrogen) atoms. The van der Waals surface area contributed by atoms with Gasteiger partial charge in [0.2, 0.25) is 0 Å². The average molecular weight is 289 g/mol. The maximum Gasteiger partial charge on any atom is 0.123 e. The number of hydrogen-bond acceptors (Lipinski definition) is 3. The molecule has 0 bridgehead atoms. The largest absolute Gasteiger partial charge is 0.371 e. The van der Waals surface area contributed by atoms with E-state index in [4.69, 9.17) is 4.74 Å². The van der Waals surface area contributed by atoms with Crippen LogP contribution in [0.3, 0.4) is 0 Å². The zero-order valence-corrected chi connectivity index (χ0v) is 12.2. The molecule has 1 aromatic heterocycles. The molecular formula is C16H20FN3O. The van der Waals surface area contributed by atoms with Crippen LogP contribution in [0.5, 0.6) is 0 Å². The Labute approximate surface area is 124 Å². The molecule has 1 unspecified atom stereocenters. The Balaban J connectivity index is 1.58. The molecule has 112 valence electrons. The van der Waals surface area contributed by atoms with Gasteiger partial charge in [0.1, 0.15) is 11.6 Å². The normalized spacial score (nSPS) is 19.8. The van der Waals surface area contributed by atoms with Crippen LogP contribution in [0.1, 0.15) is 17.5 Å². The third-order valence-corrected chi connectivity index (χ3v) is 3.96. The molecule has 0 radical (unpaired) electrons. The van der Waals surface area contributed by atoms with Crippen molar-refractivity contribution in [1.82, 2.24) is 14.5 Å². The van der Waals surface area contributed by atoms with E-state index in [-0.39, 0.29) is 11.9 Å². The topological polar surface area (TPSA) is 30.3 Å². The fourth-order valence-electron chi connectivity index (χ4n) is 2.68. The Morgan fingerprint density at radius 2 is 2.14 bits per heavy atom. The number of morpholine rings is 1. The van der Waals surface area contributed by atoms with Gasteiger partial charge in [-0.3, -0.25) is 4.90 Å². The van der Waals surface area contributed by atoms with E-state index in [1.807, 2.05) is 31.6 Å². The summed E-state index contributed by atoms with van der Waals surface area (Å²) in [5.74, 6) is 0.890. The van der Waals surface area contributed by atoms with Gasteiger partial charge in [-0.05, 0) is 17.7 Å². The third-order valence-electron chi connectivity index (χ3n) is 3.96. The standard InChI is InChI=1S/C16H20FN3O/c1-19-9-7-18-16(19)6-8-20-10-11-21-15(12-20)13-2-4-14(17)5-3-13/h2-5,7,9,15H,6,8,10-12H2,1H3. The second-order valence-electron chi connectivity index (χ2n) is 5.42. The van der Waals surface area contributed by atoms with E-state index in [1.165, 1.54) is 12.1 Å². The predicted octanol–water partition coefficient (Wildman–Crippen LogP) is 2.18. The van der Waals surface area contributed by atoms with E-state index in [0.29, 0.717) is 6.61 Å². The van der Waals surface area contributed by atoms with Crippen molar-refractivity contribution < 1.29 is 9.13 Å². The molecule has 1 aromatic carbocycles. The Hall–Kier alpha value is -1.72. The Morgan fingerprint density at radius 3 is 2.86 bits per heavy atom. The molecule has 0 saturated carbocycles. The molecular weight excluding hydrogens is 269 g/mol. The van der Waals surface area contributed by atoms with Crippen LogP contribution in [-0.4, -0.2) is 40.7 Å². The van der Waals surface area contributed by atoms with Gasteiger partial charge in [0.05, 0.1) is 12.7 Å². The lowest BCUT2D eigenvalue weighted by molar-refractivity contribution is -0.0297. The van der Waals surface area contributed by atoms with Crippen molar-refractivity contribution in [2.45, 2.75) is 12.5 Å². The molecule has 5 heteroatoms. The van der Waals surface area contributed by atoms with Crippen LogP contribution < -0.4 is 0 Å². The number of hydrogen-bond donors (Lipinski definition) is 0. The molecule has 0 amide bonds. The van der Waals surface area contributed by atoms with E-state index in [9.17, 15) is 4.39 Å². The van der Waals surface area contributed by atoms with Gasteiger partial charge in [-0.1, -0.05) is 12.1 Å². The van der Waals surface area contributed by atoms with Crippen LogP contribution in [0.25, 0.3) is 0 Å². The van der Waals surface area contributed by atoms with Crippen molar-refractivity contribution in [3.63, 3.8) is 0 Å². The van der Waals surface area contributed by atoms with E-state index in [1.54, 1.807) is 0 Å². The SMILES string of the molecule is Cn1ccnc1CCN1CCOC(c2ccc(F)cc2)C1. The molecule has 2 aromatic rings.